The Labute approximate surface area is 575 Å². The number of aliphatic hydroxyl groups is 1. The van der Waals surface area contributed by atoms with Gasteiger partial charge in [-0.3, -0.25) is 37.3 Å². The van der Waals surface area contributed by atoms with E-state index in [9.17, 15) is 43.2 Å². The summed E-state index contributed by atoms with van der Waals surface area (Å²) in [4.78, 5) is 72.7. The molecule has 0 rings (SSSR count). The van der Waals surface area contributed by atoms with E-state index < -0.39 is 97.5 Å². The zero-order valence-electron chi connectivity index (χ0n) is 61.4. The second kappa shape index (κ2) is 65.7. The van der Waals surface area contributed by atoms with Crippen LogP contribution in [-0.2, 0) is 65.4 Å². The Morgan fingerprint density at radius 2 is 0.489 bits per heavy atom. The van der Waals surface area contributed by atoms with E-state index in [0.29, 0.717) is 25.7 Å². The Bertz CT molecular complexity index is 1840. The third-order valence-corrected chi connectivity index (χ3v) is 19.3. The normalized spacial score (nSPS) is 14.1. The highest BCUT2D eigenvalue weighted by Crippen LogP contribution is 2.45. The van der Waals surface area contributed by atoms with Crippen molar-refractivity contribution in [1.29, 1.82) is 0 Å². The summed E-state index contributed by atoms with van der Waals surface area (Å²) < 4.78 is 68.4. The van der Waals surface area contributed by atoms with Crippen molar-refractivity contribution in [1.82, 2.24) is 0 Å². The number of hydrogen-bond donors (Lipinski definition) is 3. The Morgan fingerprint density at radius 3 is 0.723 bits per heavy atom. The topological polar surface area (TPSA) is 237 Å². The van der Waals surface area contributed by atoms with Gasteiger partial charge in [0.05, 0.1) is 26.4 Å². The molecule has 94 heavy (non-hydrogen) atoms. The number of esters is 4. The van der Waals surface area contributed by atoms with Gasteiger partial charge < -0.3 is 33.8 Å². The van der Waals surface area contributed by atoms with Gasteiger partial charge in [-0.2, -0.15) is 0 Å². The SMILES string of the molecule is CCCCCCCCCCC(=O)OC[C@H](COP(=O)(O)OC[C@H](O)COP(=O)(O)OC[C@@H](COC(=O)CCCCCCCCCCCCCCCCC(C)C)OC(=O)CCCCCCCCCCCCCCCCC(C)C)OC(=O)CCCCCCCCCCCC(C)C. The lowest BCUT2D eigenvalue weighted by atomic mass is 10.0. The predicted octanol–water partition coefficient (Wildman–Crippen LogP) is 21.8. The maximum absolute atomic E-state index is 13.1. The van der Waals surface area contributed by atoms with Crippen LogP contribution in [0.2, 0.25) is 0 Å². The fourth-order valence-corrected chi connectivity index (χ4v) is 13.0. The number of ether oxygens (including phenoxy) is 4. The molecule has 0 aliphatic heterocycles. The van der Waals surface area contributed by atoms with Crippen LogP contribution in [0.1, 0.15) is 382 Å². The molecule has 558 valence electrons. The van der Waals surface area contributed by atoms with Crippen LogP contribution in [0, 0.1) is 17.8 Å². The van der Waals surface area contributed by atoms with Gasteiger partial charge in [0.25, 0.3) is 0 Å². The van der Waals surface area contributed by atoms with Crippen LogP contribution in [0.15, 0.2) is 0 Å². The molecule has 5 atom stereocenters. The minimum absolute atomic E-state index is 0.105. The van der Waals surface area contributed by atoms with Crippen molar-refractivity contribution in [2.75, 3.05) is 39.6 Å². The number of phosphoric acid groups is 2. The first-order valence-corrected chi connectivity index (χ1v) is 41.8. The summed E-state index contributed by atoms with van der Waals surface area (Å²) in [6.45, 7) is 11.9. The molecule has 17 nitrogen and oxygen atoms in total. The molecule has 2 unspecified atom stereocenters. The first-order valence-electron chi connectivity index (χ1n) is 38.8. The fraction of sp³-hybridized carbons (Fsp3) is 0.947. The van der Waals surface area contributed by atoms with Crippen molar-refractivity contribution < 1.29 is 80.2 Å². The summed E-state index contributed by atoms with van der Waals surface area (Å²) in [6, 6.07) is 0. The molecule has 0 saturated carbocycles. The van der Waals surface area contributed by atoms with Crippen LogP contribution < -0.4 is 0 Å². The van der Waals surface area contributed by atoms with E-state index >= 15 is 0 Å². The van der Waals surface area contributed by atoms with Crippen molar-refractivity contribution in [2.45, 2.75) is 401 Å². The second-order valence-corrected chi connectivity index (χ2v) is 31.4. The van der Waals surface area contributed by atoms with E-state index in [1.165, 1.54) is 186 Å². The minimum atomic E-state index is -4.96. The largest absolute Gasteiger partial charge is 0.472 e. The average molecular weight is 1380 g/mol. The number of rotatable bonds is 73. The number of hydrogen-bond acceptors (Lipinski definition) is 15. The summed E-state index contributed by atoms with van der Waals surface area (Å²) in [6.07, 6.45) is 51.4. The Hall–Kier alpha value is -1.94. The predicted molar refractivity (Wildman–Crippen MR) is 381 cm³/mol. The third kappa shape index (κ3) is 68.6. The van der Waals surface area contributed by atoms with Crippen molar-refractivity contribution in [2.24, 2.45) is 17.8 Å². The summed E-state index contributed by atoms with van der Waals surface area (Å²) in [5.41, 5.74) is 0. The van der Waals surface area contributed by atoms with Crippen LogP contribution in [0.4, 0.5) is 0 Å². The highest BCUT2D eigenvalue weighted by atomic mass is 31.2. The lowest BCUT2D eigenvalue weighted by Gasteiger charge is -2.21. The molecule has 0 aromatic rings. The molecule has 0 amide bonds. The van der Waals surface area contributed by atoms with E-state index in [1.54, 1.807) is 0 Å². The standard InChI is InChI=1S/C75H146O17P2/c1-8-9-10-11-12-35-42-49-56-72(77)85-62-70(92-75(80)59-52-45-38-31-25-28-34-41-48-55-68(6)7)64-89-93(81,82)87-60-69(76)61-88-94(83,84)90-65-71(91-74(79)58-51-44-37-30-24-20-16-14-18-22-27-33-40-47-54-67(4)5)63-86-73(78)57-50-43-36-29-23-19-15-13-17-21-26-32-39-46-53-66(2)3/h66-71,76H,8-65H2,1-7H3,(H,81,82)(H,83,84)/t69-,70+,71+/m0/s1. The van der Waals surface area contributed by atoms with E-state index in [2.05, 4.69) is 48.5 Å². The maximum Gasteiger partial charge on any atom is 0.472 e. The summed E-state index contributed by atoms with van der Waals surface area (Å²) in [5, 5.41) is 10.6. The maximum atomic E-state index is 13.1. The van der Waals surface area contributed by atoms with E-state index in [-0.39, 0.29) is 25.7 Å². The molecule has 0 aromatic carbocycles. The van der Waals surface area contributed by atoms with Gasteiger partial charge in [0.2, 0.25) is 0 Å². The molecule has 19 heteroatoms. The molecule has 0 heterocycles. The lowest BCUT2D eigenvalue weighted by Crippen LogP contribution is -2.30. The highest BCUT2D eigenvalue weighted by Gasteiger charge is 2.30. The van der Waals surface area contributed by atoms with Gasteiger partial charge in [-0.15, -0.1) is 0 Å². The van der Waals surface area contributed by atoms with E-state index in [0.717, 1.165) is 114 Å². The van der Waals surface area contributed by atoms with Gasteiger partial charge in [0, 0.05) is 25.7 Å². The van der Waals surface area contributed by atoms with Crippen molar-refractivity contribution in [3.05, 3.63) is 0 Å². The lowest BCUT2D eigenvalue weighted by molar-refractivity contribution is -0.161. The van der Waals surface area contributed by atoms with Gasteiger partial charge in [-0.1, -0.05) is 331 Å². The minimum Gasteiger partial charge on any atom is -0.462 e. The highest BCUT2D eigenvalue weighted by molar-refractivity contribution is 7.47. The molecular formula is C75H146O17P2. The first kappa shape index (κ1) is 92.1. The number of unbranched alkanes of at least 4 members (excludes halogenated alkanes) is 41. The quantitative estimate of drug-likeness (QED) is 0.0222. The van der Waals surface area contributed by atoms with Crippen LogP contribution in [0.3, 0.4) is 0 Å². The third-order valence-electron chi connectivity index (χ3n) is 17.4. The molecule has 0 radical (unpaired) electrons. The van der Waals surface area contributed by atoms with Gasteiger partial charge >= 0.3 is 39.5 Å². The average Bonchev–Trinajstić information content (AvgIpc) is 1.11. The number of carbonyl (C=O) groups is 4. The molecule has 0 aliphatic carbocycles. The zero-order valence-corrected chi connectivity index (χ0v) is 63.2. The summed E-state index contributed by atoms with van der Waals surface area (Å²) >= 11 is 0. The number of aliphatic hydroxyl groups excluding tert-OH is 1. The monoisotopic (exact) mass is 1380 g/mol. The van der Waals surface area contributed by atoms with E-state index in [1.807, 2.05) is 0 Å². The molecule has 0 spiro atoms. The molecule has 0 fully saturated rings. The van der Waals surface area contributed by atoms with Crippen molar-refractivity contribution in [3.63, 3.8) is 0 Å². The second-order valence-electron chi connectivity index (χ2n) is 28.5. The van der Waals surface area contributed by atoms with Crippen LogP contribution >= 0.6 is 15.6 Å². The molecule has 0 bridgehead atoms. The van der Waals surface area contributed by atoms with Crippen LogP contribution in [-0.4, -0.2) is 96.7 Å². The molecule has 0 aliphatic rings. The Balaban J connectivity index is 5.22. The van der Waals surface area contributed by atoms with Gasteiger partial charge in [-0.05, 0) is 43.4 Å². The molecule has 3 N–H and O–H groups in total. The number of phosphoric ester groups is 2. The number of carbonyl (C=O) groups excluding carboxylic acids is 4. The van der Waals surface area contributed by atoms with Crippen molar-refractivity contribution in [3.8, 4) is 0 Å². The van der Waals surface area contributed by atoms with Gasteiger partial charge in [-0.25, -0.2) is 9.13 Å². The van der Waals surface area contributed by atoms with Crippen molar-refractivity contribution >= 4 is 39.5 Å². The van der Waals surface area contributed by atoms with Crippen LogP contribution in [0.25, 0.3) is 0 Å². The smallest absolute Gasteiger partial charge is 0.462 e. The molecule has 0 aromatic heterocycles. The summed E-state index contributed by atoms with van der Waals surface area (Å²) in [7, 11) is -9.91. The fourth-order valence-electron chi connectivity index (χ4n) is 11.4. The Morgan fingerprint density at radius 1 is 0.287 bits per heavy atom. The van der Waals surface area contributed by atoms with E-state index in [4.69, 9.17) is 37.0 Å². The summed E-state index contributed by atoms with van der Waals surface area (Å²) in [5.74, 6) is 0.209. The molecule has 0 saturated heterocycles. The first-order chi connectivity index (χ1) is 45.2. The molecular weight excluding hydrogens is 1230 g/mol. The van der Waals surface area contributed by atoms with Gasteiger partial charge in [0.15, 0.2) is 12.2 Å². The zero-order chi connectivity index (χ0) is 69.4. The van der Waals surface area contributed by atoms with Gasteiger partial charge in [0.1, 0.15) is 19.3 Å². The Kier molecular flexibility index (Phi) is 64.3. The van der Waals surface area contributed by atoms with Crippen LogP contribution in [0.5, 0.6) is 0 Å².